The van der Waals surface area contributed by atoms with Gasteiger partial charge >= 0.3 is 0 Å². The van der Waals surface area contributed by atoms with E-state index < -0.39 is 33.5 Å². The predicted molar refractivity (Wildman–Crippen MR) is 102 cm³/mol. The summed E-state index contributed by atoms with van der Waals surface area (Å²) in [6.45, 7) is 4.08. The summed E-state index contributed by atoms with van der Waals surface area (Å²) in [5.74, 6) is -2.40. The van der Waals surface area contributed by atoms with Gasteiger partial charge in [-0.2, -0.15) is 4.31 Å². The normalized spacial score (nSPS) is 16.1. The number of sulfonamides is 1. The van der Waals surface area contributed by atoms with Gasteiger partial charge in [0.05, 0.1) is 10.6 Å². The van der Waals surface area contributed by atoms with Gasteiger partial charge in [0.2, 0.25) is 15.9 Å². The van der Waals surface area contributed by atoms with Crippen LogP contribution in [-0.4, -0.2) is 31.7 Å². The maximum Gasteiger partial charge on any atom is 0.243 e. The van der Waals surface area contributed by atoms with E-state index in [4.69, 9.17) is 0 Å². The summed E-state index contributed by atoms with van der Waals surface area (Å²) in [4.78, 5) is 12.7. The van der Waals surface area contributed by atoms with Crippen molar-refractivity contribution in [2.45, 2.75) is 31.6 Å². The molecule has 0 radical (unpaired) electrons. The lowest BCUT2D eigenvalue weighted by atomic mass is 9.97. The van der Waals surface area contributed by atoms with Crippen LogP contribution < -0.4 is 5.32 Å². The first kappa shape index (κ1) is 20.4. The average Bonchev–Trinajstić information content (AvgIpc) is 2.63. The molecule has 3 rings (SSSR count). The lowest BCUT2D eigenvalue weighted by Gasteiger charge is -2.31. The van der Waals surface area contributed by atoms with Gasteiger partial charge in [-0.3, -0.25) is 4.79 Å². The molecule has 5 nitrogen and oxygen atoms in total. The fraction of sp³-hybridized carbons (Fsp3) is 0.350. The second-order valence-corrected chi connectivity index (χ2v) is 8.97. The van der Waals surface area contributed by atoms with Gasteiger partial charge in [-0.25, -0.2) is 17.2 Å². The number of hydrogen-bond acceptors (Lipinski definition) is 3. The molecule has 0 spiro atoms. The first-order valence-electron chi connectivity index (χ1n) is 9.02. The summed E-state index contributed by atoms with van der Waals surface area (Å²) in [7, 11) is -3.63. The summed E-state index contributed by atoms with van der Waals surface area (Å²) in [6.07, 6.45) is 0.664. The molecule has 1 aliphatic heterocycles. The molecule has 1 amide bonds. The summed E-state index contributed by atoms with van der Waals surface area (Å²) in [5.41, 5.74) is 1.59. The number of nitrogens with zero attached hydrogens (tertiary/aromatic N) is 1. The molecule has 8 heteroatoms. The first-order chi connectivity index (χ1) is 13.2. The molecule has 0 bridgehead atoms. The van der Waals surface area contributed by atoms with E-state index in [0.29, 0.717) is 24.5 Å². The Morgan fingerprint density at radius 2 is 1.75 bits per heavy atom. The quantitative estimate of drug-likeness (QED) is 0.840. The van der Waals surface area contributed by atoms with Gasteiger partial charge in [-0.1, -0.05) is 17.7 Å². The van der Waals surface area contributed by atoms with E-state index in [9.17, 15) is 22.0 Å². The molecule has 0 atom stereocenters. The van der Waals surface area contributed by atoms with Crippen LogP contribution in [-0.2, 0) is 14.8 Å². The number of carbonyl (C=O) groups is 1. The van der Waals surface area contributed by atoms with E-state index in [1.807, 2.05) is 13.0 Å². The Morgan fingerprint density at radius 1 is 1.07 bits per heavy atom. The number of rotatable bonds is 4. The van der Waals surface area contributed by atoms with Crippen molar-refractivity contribution in [3.05, 3.63) is 59.2 Å². The Bertz CT molecular complexity index is 1000. The zero-order valence-electron chi connectivity index (χ0n) is 15.7. The van der Waals surface area contributed by atoms with Gasteiger partial charge in [0.1, 0.15) is 11.6 Å². The maximum absolute atomic E-state index is 13.7. The maximum atomic E-state index is 13.7. The van der Waals surface area contributed by atoms with Crippen molar-refractivity contribution in [1.29, 1.82) is 0 Å². The van der Waals surface area contributed by atoms with Crippen LogP contribution in [0.15, 0.2) is 41.3 Å². The third-order valence-corrected chi connectivity index (χ3v) is 7.02. The SMILES string of the molecule is Cc1ccc(S(=O)(=O)N2CCC(C(=O)Nc3ccc(F)cc3F)CC2)c(C)c1. The molecule has 0 saturated carbocycles. The molecule has 0 unspecified atom stereocenters. The van der Waals surface area contributed by atoms with Crippen molar-refractivity contribution in [3.8, 4) is 0 Å². The summed E-state index contributed by atoms with van der Waals surface area (Å²) >= 11 is 0. The molecule has 28 heavy (non-hydrogen) atoms. The molecule has 150 valence electrons. The smallest absolute Gasteiger partial charge is 0.243 e. The Kier molecular flexibility index (Phi) is 5.81. The van der Waals surface area contributed by atoms with Crippen LogP contribution in [0, 0.1) is 31.4 Å². The fourth-order valence-electron chi connectivity index (χ4n) is 3.41. The van der Waals surface area contributed by atoms with E-state index in [2.05, 4.69) is 5.32 Å². The molecular formula is C20H22F2N2O3S. The fourth-order valence-corrected chi connectivity index (χ4v) is 5.09. The lowest BCUT2D eigenvalue weighted by Crippen LogP contribution is -2.41. The Morgan fingerprint density at radius 3 is 2.36 bits per heavy atom. The van der Waals surface area contributed by atoms with E-state index >= 15 is 0 Å². The number of halogens is 2. The molecule has 1 aliphatic rings. The van der Waals surface area contributed by atoms with Gasteiger partial charge in [-0.15, -0.1) is 0 Å². The van der Waals surface area contributed by atoms with Gasteiger partial charge < -0.3 is 5.32 Å². The van der Waals surface area contributed by atoms with Gasteiger partial charge in [0, 0.05) is 25.1 Å². The standard InChI is InChI=1S/C20H22F2N2O3S/c1-13-3-6-19(14(2)11-13)28(26,27)24-9-7-15(8-10-24)20(25)23-18-5-4-16(21)12-17(18)22/h3-6,11-12,15H,7-10H2,1-2H3,(H,23,25). The largest absolute Gasteiger partial charge is 0.323 e. The summed E-state index contributed by atoms with van der Waals surface area (Å²) in [6, 6.07) is 8.13. The number of amides is 1. The highest BCUT2D eigenvalue weighted by Crippen LogP contribution is 2.27. The van der Waals surface area contributed by atoms with Crippen LogP contribution in [0.3, 0.4) is 0 Å². The predicted octanol–water partition coefficient (Wildman–Crippen LogP) is 3.62. The minimum absolute atomic E-state index is 0.0864. The summed E-state index contributed by atoms with van der Waals surface area (Å²) in [5, 5.41) is 2.46. The zero-order valence-corrected chi connectivity index (χ0v) is 16.5. The van der Waals surface area contributed by atoms with Crippen LogP contribution in [0.4, 0.5) is 14.5 Å². The average molecular weight is 408 g/mol. The highest BCUT2D eigenvalue weighted by molar-refractivity contribution is 7.89. The number of aryl methyl sites for hydroxylation is 2. The van der Waals surface area contributed by atoms with Crippen LogP contribution in [0.1, 0.15) is 24.0 Å². The van der Waals surface area contributed by atoms with E-state index in [0.717, 1.165) is 11.6 Å². The van der Waals surface area contributed by atoms with Crippen LogP contribution >= 0.6 is 0 Å². The zero-order chi connectivity index (χ0) is 20.5. The number of nitrogens with one attached hydrogen (secondary N) is 1. The van der Waals surface area contributed by atoms with E-state index in [-0.39, 0.29) is 23.7 Å². The van der Waals surface area contributed by atoms with Crippen LogP contribution in [0.2, 0.25) is 0 Å². The second kappa shape index (κ2) is 7.97. The second-order valence-electron chi connectivity index (χ2n) is 7.06. The topological polar surface area (TPSA) is 66.5 Å². The van der Waals surface area contributed by atoms with Crippen molar-refractivity contribution >= 4 is 21.6 Å². The molecule has 2 aromatic carbocycles. The van der Waals surface area contributed by atoms with Gasteiger partial charge in [-0.05, 0) is 50.5 Å². The summed E-state index contributed by atoms with van der Waals surface area (Å²) < 4.78 is 53.9. The Balaban J connectivity index is 1.65. The molecule has 2 aromatic rings. The third kappa shape index (κ3) is 4.23. The van der Waals surface area contributed by atoms with Crippen molar-refractivity contribution < 1.29 is 22.0 Å². The minimum Gasteiger partial charge on any atom is -0.323 e. The van der Waals surface area contributed by atoms with Gasteiger partial charge in [0.15, 0.2) is 0 Å². The van der Waals surface area contributed by atoms with Crippen LogP contribution in [0.5, 0.6) is 0 Å². The molecule has 0 aliphatic carbocycles. The third-order valence-electron chi connectivity index (χ3n) is 4.96. The van der Waals surface area contributed by atoms with Crippen molar-refractivity contribution in [2.75, 3.05) is 18.4 Å². The number of benzene rings is 2. The minimum atomic E-state index is -3.63. The first-order valence-corrected chi connectivity index (χ1v) is 10.5. The number of carbonyl (C=O) groups excluding carboxylic acids is 1. The monoisotopic (exact) mass is 408 g/mol. The Hall–Kier alpha value is -2.32. The molecule has 0 aromatic heterocycles. The van der Waals surface area contributed by atoms with E-state index in [1.54, 1.807) is 19.1 Å². The molecule has 1 heterocycles. The van der Waals surface area contributed by atoms with E-state index in [1.165, 1.54) is 10.4 Å². The van der Waals surface area contributed by atoms with Crippen molar-refractivity contribution in [3.63, 3.8) is 0 Å². The molecular weight excluding hydrogens is 386 g/mol. The lowest BCUT2D eigenvalue weighted by molar-refractivity contribution is -0.120. The number of anilines is 1. The molecule has 1 saturated heterocycles. The molecule has 1 N–H and O–H groups in total. The Labute approximate surface area is 163 Å². The van der Waals surface area contributed by atoms with Crippen molar-refractivity contribution in [1.82, 2.24) is 4.31 Å². The number of piperidine rings is 1. The highest BCUT2D eigenvalue weighted by Gasteiger charge is 2.33. The van der Waals surface area contributed by atoms with Crippen molar-refractivity contribution in [2.24, 2.45) is 5.92 Å². The van der Waals surface area contributed by atoms with Crippen LogP contribution in [0.25, 0.3) is 0 Å². The van der Waals surface area contributed by atoms with Gasteiger partial charge in [0.25, 0.3) is 0 Å². The molecule has 1 fully saturated rings. The highest BCUT2D eigenvalue weighted by atomic mass is 32.2. The number of hydrogen-bond donors (Lipinski definition) is 1.